The zero-order chi connectivity index (χ0) is 10.8. The smallest absolute Gasteiger partial charge is 0.196 e. The van der Waals surface area contributed by atoms with Gasteiger partial charge in [-0.25, -0.2) is 0 Å². The second kappa shape index (κ2) is 3.65. The van der Waals surface area contributed by atoms with Gasteiger partial charge in [0.05, 0.1) is 11.8 Å². The van der Waals surface area contributed by atoms with Gasteiger partial charge in [0, 0.05) is 30.7 Å². The van der Waals surface area contributed by atoms with E-state index in [0.717, 1.165) is 5.69 Å². The van der Waals surface area contributed by atoms with E-state index in [9.17, 15) is 4.79 Å². The van der Waals surface area contributed by atoms with Crippen LogP contribution in [-0.4, -0.2) is 20.5 Å². The largest absolute Gasteiger partial charge is 0.288 e. The van der Waals surface area contributed by atoms with Gasteiger partial charge in [-0.1, -0.05) is 0 Å². The van der Waals surface area contributed by atoms with Crippen LogP contribution in [0.2, 0.25) is 0 Å². The number of aryl methyl sites for hydroxylation is 2. The third-order valence-corrected chi connectivity index (χ3v) is 2.13. The molecule has 0 N–H and O–H groups in total. The van der Waals surface area contributed by atoms with E-state index in [1.807, 2.05) is 6.92 Å². The van der Waals surface area contributed by atoms with Crippen molar-refractivity contribution in [2.24, 2.45) is 7.05 Å². The Balaban J connectivity index is 2.36. The first-order valence-electron chi connectivity index (χ1n) is 4.63. The molecule has 4 nitrogen and oxygen atoms in total. The highest BCUT2D eigenvalue weighted by Crippen LogP contribution is 2.08. The number of nitrogens with zero attached hydrogens (tertiary/aromatic N) is 3. The predicted octanol–water partition coefficient (Wildman–Crippen LogP) is 1.35. The minimum absolute atomic E-state index is 0.0198. The maximum absolute atomic E-state index is 11.9. The Labute approximate surface area is 87.6 Å². The van der Waals surface area contributed by atoms with E-state index in [1.165, 1.54) is 0 Å². The number of carbonyl (C=O) groups excluding carboxylic acids is 1. The van der Waals surface area contributed by atoms with Gasteiger partial charge in [-0.05, 0) is 19.1 Å². The van der Waals surface area contributed by atoms with Crippen molar-refractivity contribution >= 4 is 5.78 Å². The van der Waals surface area contributed by atoms with E-state index in [-0.39, 0.29) is 5.78 Å². The van der Waals surface area contributed by atoms with Crippen LogP contribution in [0.25, 0.3) is 0 Å². The summed E-state index contributed by atoms with van der Waals surface area (Å²) >= 11 is 0. The zero-order valence-electron chi connectivity index (χ0n) is 8.64. The van der Waals surface area contributed by atoms with E-state index < -0.39 is 0 Å². The van der Waals surface area contributed by atoms with Crippen molar-refractivity contribution in [2.75, 3.05) is 0 Å². The first-order valence-corrected chi connectivity index (χ1v) is 4.63. The van der Waals surface area contributed by atoms with Crippen LogP contribution in [0.5, 0.6) is 0 Å². The lowest BCUT2D eigenvalue weighted by Crippen LogP contribution is -2.00. The molecule has 76 valence electrons. The van der Waals surface area contributed by atoms with Crippen molar-refractivity contribution in [1.29, 1.82) is 0 Å². The molecule has 0 radical (unpaired) electrons. The van der Waals surface area contributed by atoms with Gasteiger partial charge in [0.15, 0.2) is 5.78 Å². The Kier molecular flexibility index (Phi) is 2.33. The van der Waals surface area contributed by atoms with E-state index in [0.29, 0.717) is 11.1 Å². The molecule has 2 rings (SSSR count). The summed E-state index contributed by atoms with van der Waals surface area (Å²) < 4.78 is 1.61. The van der Waals surface area contributed by atoms with Gasteiger partial charge in [0.2, 0.25) is 0 Å². The molecule has 0 amide bonds. The molecule has 2 aromatic rings. The zero-order valence-corrected chi connectivity index (χ0v) is 8.64. The second-order valence-electron chi connectivity index (χ2n) is 3.42. The molecule has 2 aromatic heterocycles. The summed E-state index contributed by atoms with van der Waals surface area (Å²) in [6, 6.07) is 3.48. The summed E-state index contributed by atoms with van der Waals surface area (Å²) in [5.74, 6) is -0.0198. The average molecular weight is 201 g/mol. The molecule has 0 aliphatic heterocycles. The monoisotopic (exact) mass is 201 g/mol. The van der Waals surface area contributed by atoms with Crippen molar-refractivity contribution in [3.63, 3.8) is 0 Å². The van der Waals surface area contributed by atoms with E-state index >= 15 is 0 Å². The number of ketones is 1. The number of hydrogen-bond acceptors (Lipinski definition) is 3. The molecule has 0 fully saturated rings. The van der Waals surface area contributed by atoms with Crippen LogP contribution in [0.1, 0.15) is 21.6 Å². The van der Waals surface area contributed by atoms with E-state index in [1.54, 1.807) is 42.5 Å². The van der Waals surface area contributed by atoms with Gasteiger partial charge in [-0.15, -0.1) is 0 Å². The quantitative estimate of drug-likeness (QED) is 0.689. The molecule has 4 heteroatoms. The molecular weight excluding hydrogens is 190 g/mol. The summed E-state index contributed by atoms with van der Waals surface area (Å²) in [5, 5.41) is 3.97. The van der Waals surface area contributed by atoms with Gasteiger partial charge in [-0.3, -0.25) is 14.5 Å². The Morgan fingerprint density at radius 1 is 1.40 bits per heavy atom. The predicted molar refractivity (Wildman–Crippen MR) is 55.6 cm³/mol. The molecule has 0 bridgehead atoms. The fourth-order valence-corrected chi connectivity index (χ4v) is 1.39. The summed E-state index contributed by atoms with van der Waals surface area (Å²) in [7, 11) is 1.79. The van der Waals surface area contributed by atoms with Crippen LogP contribution in [0.15, 0.2) is 30.7 Å². The van der Waals surface area contributed by atoms with Crippen LogP contribution in [-0.2, 0) is 7.05 Å². The van der Waals surface area contributed by atoms with E-state index in [2.05, 4.69) is 10.1 Å². The summed E-state index contributed by atoms with van der Waals surface area (Å²) in [6.45, 7) is 1.86. The highest BCUT2D eigenvalue weighted by molar-refractivity contribution is 6.08. The molecule has 0 aromatic carbocycles. The van der Waals surface area contributed by atoms with Gasteiger partial charge in [0.1, 0.15) is 0 Å². The maximum Gasteiger partial charge on any atom is 0.196 e. The van der Waals surface area contributed by atoms with Gasteiger partial charge in [0.25, 0.3) is 0 Å². The third-order valence-electron chi connectivity index (χ3n) is 2.13. The molecule has 0 aliphatic rings. The van der Waals surface area contributed by atoms with Crippen molar-refractivity contribution in [1.82, 2.24) is 14.8 Å². The topological polar surface area (TPSA) is 47.8 Å². The maximum atomic E-state index is 11.9. The van der Waals surface area contributed by atoms with Crippen LogP contribution in [0, 0.1) is 6.92 Å². The number of pyridine rings is 1. The minimum atomic E-state index is -0.0198. The van der Waals surface area contributed by atoms with Crippen LogP contribution < -0.4 is 0 Å². The highest BCUT2D eigenvalue weighted by Gasteiger charge is 2.10. The first-order chi connectivity index (χ1) is 7.16. The molecule has 15 heavy (non-hydrogen) atoms. The lowest BCUT2D eigenvalue weighted by molar-refractivity contribution is 0.103. The molecule has 0 saturated carbocycles. The van der Waals surface area contributed by atoms with Gasteiger partial charge in [-0.2, -0.15) is 5.10 Å². The second-order valence-corrected chi connectivity index (χ2v) is 3.42. The molecule has 0 spiro atoms. The number of carbonyl (C=O) groups is 1. The fraction of sp³-hybridized carbons (Fsp3) is 0.182. The van der Waals surface area contributed by atoms with Crippen LogP contribution in [0.4, 0.5) is 0 Å². The summed E-state index contributed by atoms with van der Waals surface area (Å²) in [5.41, 5.74) is 2.09. The molecule has 0 aliphatic carbocycles. The SMILES string of the molecule is Cc1cc(C(=O)c2cnn(C)c2)ccn1. The van der Waals surface area contributed by atoms with Gasteiger partial charge >= 0.3 is 0 Å². The Morgan fingerprint density at radius 2 is 2.20 bits per heavy atom. The molecular formula is C11H11N3O. The van der Waals surface area contributed by atoms with Crippen LogP contribution >= 0.6 is 0 Å². The van der Waals surface area contributed by atoms with Crippen molar-refractivity contribution in [2.45, 2.75) is 6.92 Å². The minimum Gasteiger partial charge on any atom is -0.288 e. The number of rotatable bonds is 2. The van der Waals surface area contributed by atoms with Crippen molar-refractivity contribution in [3.05, 3.63) is 47.5 Å². The third kappa shape index (κ3) is 1.93. The number of hydrogen-bond donors (Lipinski definition) is 0. The van der Waals surface area contributed by atoms with Crippen LogP contribution in [0.3, 0.4) is 0 Å². The van der Waals surface area contributed by atoms with Gasteiger partial charge < -0.3 is 0 Å². The van der Waals surface area contributed by atoms with Crippen molar-refractivity contribution in [3.8, 4) is 0 Å². The van der Waals surface area contributed by atoms with E-state index in [4.69, 9.17) is 0 Å². The lowest BCUT2D eigenvalue weighted by atomic mass is 10.1. The summed E-state index contributed by atoms with van der Waals surface area (Å²) in [4.78, 5) is 16.0. The summed E-state index contributed by atoms with van der Waals surface area (Å²) in [6.07, 6.45) is 4.91. The number of aromatic nitrogens is 3. The van der Waals surface area contributed by atoms with Crippen molar-refractivity contribution < 1.29 is 4.79 Å². The highest BCUT2D eigenvalue weighted by atomic mass is 16.1. The average Bonchev–Trinajstić information content (AvgIpc) is 2.64. The molecule has 0 atom stereocenters. The lowest BCUT2D eigenvalue weighted by Gasteiger charge is -1.98. The first kappa shape index (κ1) is 9.58. The molecule has 0 saturated heterocycles. The Morgan fingerprint density at radius 3 is 2.80 bits per heavy atom. The Hall–Kier alpha value is -1.97. The Bertz CT molecular complexity index is 502. The molecule has 0 unspecified atom stereocenters. The fourth-order valence-electron chi connectivity index (χ4n) is 1.39. The normalized spacial score (nSPS) is 10.3. The molecule has 2 heterocycles. The standard InChI is InChI=1S/C11H11N3O/c1-8-5-9(3-4-12-8)11(15)10-6-13-14(2)7-10/h3-7H,1-2H3.